The molecule has 1 heterocycles. The van der Waals surface area contributed by atoms with Crippen LogP contribution in [0.2, 0.25) is 0 Å². The van der Waals surface area contributed by atoms with Crippen LogP contribution in [0, 0.1) is 12.8 Å². The molecular weight excluding hydrogens is 228 g/mol. The largest absolute Gasteiger partial charge is 0.469 e. The molecule has 90 valence electrons. The lowest BCUT2D eigenvalue weighted by Gasteiger charge is -2.10. The van der Waals surface area contributed by atoms with Crippen molar-refractivity contribution < 1.29 is 13.9 Å². The number of methoxy groups -OCH3 is 1. The van der Waals surface area contributed by atoms with E-state index in [1.165, 1.54) is 7.11 Å². The zero-order valence-corrected chi connectivity index (χ0v) is 10.7. The highest BCUT2D eigenvalue weighted by Crippen LogP contribution is 2.28. The van der Waals surface area contributed by atoms with Gasteiger partial charge in [-0.1, -0.05) is 6.92 Å². The van der Waals surface area contributed by atoms with Gasteiger partial charge in [0.2, 0.25) is 11.8 Å². The number of hydrogen-bond donors (Lipinski definition) is 0. The maximum absolute atomic E-state index is 11.2. The molecule has 5 nitrogen and oxygen atoms in total. The van der Waals surface area contributed by atoms with Crippen LogP contribution in [0.25, 0.3) is 0 Å². The highest BCUT2D eigenvalue weighted by molar-refractivity contribution is 7.99. The van der Waals surface area contributed by atoms with Crippen LogP contribution in [-0.4, -0.2) is 29.0 Å². The molecule has 2 atom stereocenters. The quantitative estimate of drug-likeness (QED) is 0.738. The van der Waals surface area contributed by atoms with Gasteiger partial charge >= 0.3 is 5.97 Å². The number of ether oxygens (including phenoxy) is 1. The van der Waals surface area contributed by atoms with E-state index in [4.69, 9.17) is 4.42 Å². The molecule has 0 radical (unpaired) electrons. The van der Waals surface area contributed by atoms with E-state index in [1.54, 1.807) is 18.7 Å². The van der Waals surface area contributed by atoms with Crippen molar-refractivity contribution in [1.82, 2.24) is 10.2 Å². The van der Waals surface area contributed by atoms with Crippen LogP contribution in [0.3, 0.4) is 0 Å². The maximum Gasteiger partial charge on any atom is 0.309 e. The Bertz CT molecular complexity index is 354. The molecule has 6 heteroatoms. The Morgan fingerprint density at radius 2 is 2.19 bits per heavy atom. The molecule has 0 saturated carbocycles. The van der Waals surface area contributed by atoms with Crippen molar-refractivity contribution in [3.63, 3.8) is 0 Å². The Hall–Kier alpha value is -1.04. The molecule has 0 bridgehead atoms. The summed E-state index contributed by atoms with van der Waals surface area (Å²) in [5.41, 5.74) is 0. The van der Waals surface area contributed by atoms with Gasteiger partial charge in [-0.05, 0) is 6.92 Å². The SMILES string of the molecule is COC(=O)[C@H](C)CS[C@@H](C)c1nnc(C)o1. The second kappa shape index (κ2) is 5.89. The van der Waals surface area contributed by atoms with E-state index in [0.29, 0.717) is 17.5 Å². The maximum atomic E-state index is 11.2. The normalized spacial score (nSPS) is 14.5. The first kappa shape index (κ1) is 13.0. The lowest BCUT2D eigenvalue weighted by atomic mass is 10.2. The lowest BCUT2D eigenvalue weighted by molar-refractivity contribution is -0.143. The summed E-state index contributed by atoms with van der Waals surface area (Å²) in [6, 6.07) is 0. The number of nitrogens with zero attached hydrogens (tertiary/aromatic N) is 2. The van der Waals surface area contributed by atoms with Crippen molar-refractivity contribution in [2.45, 2.75) is 26.0 Å². The zero-order chi connectivity index (χ0) is 12.1. The lowest BCUT2D eigenvalue weighted by Crippen LogP contribution is -2.15. The first-order valence-electron chi connectivity index (χ1n) is 5.04. The van der Waals surface area contributed by atoms with E-state index in [2.05, 4.69) is 14.9 Å². The molecule has 0 aromatic carbocycles. The van der Waals surface area contributed by atoms with Crippen molar-refractivity contribution in [1.29, 1.82) is 0 Å². The summed E-state index contributed by atoms with van der Waals surface area (Å²) in [5, 5.41) is 7.79. The fourth-order valence-corrected chi connectivity index (χ4v) is 2.06. The fourth-order valence-electron chi connectivity index (χ4n) is 1.11. The fraction of sp³-hybridized carbons (Fsp3) is 0.700. The Labute approximate surface area is 99.0 Å². The molecule has 0 unspecified atom stereocenters. The second-order valence-electron chi connectivity index (χ2n) is 3.56. The average Bonchev–Trinajstić information content (AvgIpc) is 2.71. The van der Waals surface area contributed by atoms with Crippen molar-refractivity contribution in [3.05, 3.63) is 11.8 Å². The Morgan fingerprint density at radius 3 is 2.69 bits per heavy atom. The third kappa shape index (κ3) is 3.52. The summed E-state index contributed by atoms with van der Waals surface area (Å²) in [6.45, 7) is 5.57. The summed E-state index contributed by atoms with van der Waals surface area (Å²) >= 11 is 1.60. The number of aromatic nitrogens is 2. The predicted octanol–water partition coefficient (Wildman–Crippen LogP) is 1.98. The number of carbonyl (C=O) groups is 1. The summed E-state index contributed by atoms with van der Waals surface area (Å²) < 4.78 is 9.96. The predicted molar refractivity (Wildman–Crippen MR) is 61.1 cm³/mol. The molecule has 1 rings (SSSR count). The summed E-state index contributed by atoms with van der Waals surface area (Å²) in [4.78, 5) is 11.2. The number of aryl methyl sites for hydroxylation is 1. The van der Waals surface area contributed by atoms with E-state index in [0.717, 1.165) is 0 Å². The minimum atomic E-state index is -0.193. The Morgan fingerprint density at radius 1 is 1.50 bits per heavy atom. The zero-order valence-electron chi connectivity index (χ0n) is 9.89. The van der Waals surface area contributed by atoms with Crippen LogP contribution in [-0.2, 0) is 9.53 Å². The number of rotatable bonds is 5. The summed E-state index contributed by atoms with van der Waals surface area (Å²) in [6.07, 6.45) is 0. The average molecular weight is 244 g/mol. The Kier molecular flexibility index (Phi) is 4.79. The first-order valence-corrected chi connectivity index (χ1v) is 6.09. The standard InChI is InChI=1S/C10H16N2O3S/c1-6(10(13)14-4)5-16-7(2)9-12-11-8(3)15-9/h6-7H,5H2,1-4H3/t6-,7+/m1/s1. The molecule has 1 aromatic rings. The van der Waals surface area contributed by atoms with E-state index in [-0.39, 0.29) is 17.1 Å². The van der Waals surface area contributed by atoms with Crippen LogP contribution < -0.4 is 0 Å². The third-order valence-corrected chi connectivity index (χ3v) is 3.48. The molecule has 0 aliphatic heterocycles. The molecule has 0 fully saturated rings. The Balaban J connectivity index is 2.41. The summed E-state index contributed by atoms with van der Waals surface area (Å²) in [7, 11) is 1.40. The minimum Gasteiger partial charge on any atom is -0.469 e. The number of thioether (sulfide) groups is 1. The van der Waals surface area contributed by atoms with Gasteiger partial charge in [0.15, 0.2) is 0 Å². The van der Waals surface area contributed by atoms with E-state index in [9.17, 15) is 4.79 Å². The molecule has 1 aromatic heterocycles. The van der Waals surface area contributed by atoms with Crippen molar-refractivity contribution in [3.8, 4) is 0 Å². The molecule has 16 heavy (non-hydrogen) atoms. The van der Waals surface area contributed by atoms with Crippen LogP contribution in [0.5, 0.6) is 0 Å². The molecule has 0 N–H and O–H groups in total. The molecular formula is C10H16N2O3S. The minimum absolute atomic E-state index is 0.0910. The smallest absolute Gasteiger partial charge is 0.309 e. The number of hydrogen-bond acceptors (Lipinski definition) is 6. The third-order valence-electron chi connectivity index (χ3n) is 2.09. The highest BCUT2D eigenvalue weighted by atomic mass is 32.2. The topological polar surface area (TPSA) is 65.2 Å². The van der Waals surface area contributed by atoms with Gasteiger partial charge in [0, 0.05) is 12.7 Å². The number of esters is 1. The monoisotopic (exact) mass is 244 g/mol. The number of carbonyl (C=O) groups excluding carboxylic acids is 1. The highest BCUT2D eigenvalue weighted by Gasteiger charge is 2.18. The van der Waals surface area contributed by atoms with E-state index < -0.39 is 0 Å². The van der Waals surface area contributed by atoms with Crippen LogP contribution in [0.4, 0.5) is 0 Å². The molecule has 0 aliphatic rings. The van der Waals surface area contributed by atoms with Crippen molar-refractivity contribution in [2.24, 2.45) is 5.92 Å². The molecule has 0 amide bonds. The van der Waals surface area contributed by atoms with E-state index in [1.807, 2.05) is 13.8 Å². The molecule has 0 saturated heterocycles. The van der Waals surface area contributed by atoms with Gasteiger partial charge in [-0.2, -0.15) is 0 Å². The first-order chi connectivity index (χ1) is 7.54. The van der Waals surface area contributed by atoms with Gasteiger partial charge in [-0.15, -0.1) is 22.0 Å². The van der Waals surface area contributed by atoms with Gasteiger partial charge in [-0.3, -0.25) is 4.79 Å². The molecule has 0 aliphatic carbocycles. The van der Waals surface area contributed by atoms with Crippen LogP contribution >= 0.6 is 11.8 Å². The second-order valence-corrected chi connectivity index (χ2v) is 4.93. The van der Waals surface area contributed by atoms with Crippen LogP contribution in [0.1, 0.15) is 30.9 Å². The van der Waals surface area contributed by atoms with E-state index >= 15 is 0 Å². The van der Waals surface area contributed by atoms with Crippen molar-refractivity contribution in [2.75, 3.05) is 12.9 Å². The van der Waals surface area contributed by atoms with Gasteiger partial charge in [0.05, 0.1) is 18.3 Å². The van der Waals surface area contributed by atoms with Gasteiger partial charge in [0.1, 0.15) is 0 Å². The van der Waals surface area contributed by atoms with Gasteiger partial charge < -0.3 is 9.15 Å². The molecule has 0 spiro atoms. The van der Waals surface area contributed by atoms with Crippen molar-refractivity contribution >= 4 is 17.7 Å². The summed E-state index contributed by atoms with van der Waals surface area (Å²) in [5.74, 6) is 1.51. The van der Waals surface area contributed by atoms with Crippen LogP contribution in [0.15, 0.2) is 4.42 Å². The van der Waals surface area contributed by atoms with Gasteiger partial charge in [-0.25, -0.2) is 0 Å². The van der Waals surface area contributed by atoms with Gasteiger partial charge in [0.25, 0.3) is 0 Å².